The molecule has 0 amide bonds. The van der Waals surface area contributed by atoms with E-state index < -0.39 is 0 Å². The van der Waals surface area contributed by atoms with E-state index in [2.05, 4.69) is 79.3 Å². The number of ether oxygens (including phenoxy) is 1. The van der Waals surface area contributed by atoms with Crippen LogP contribution in [-0.2, 0) is 11.3 Å². The molecule has 170 valence electrons. The summed E-state index contributed by atoms with van der Waals surface area (Å²) in [6.45, 7) is 1.44. The largest absolute Gasteiger partial charge is 0.376 e. The molecule has 1 saturated heterocycles. The predicted octanol–water partition coefficient (Wildman–Crippen LogP) is 4.60. The monoisotopic (exact) mass is 451 g/mol. The third-order valence-corrected chi connectivity index (χ3v) is 6.29. The lowest BCUT2D eigenvalue weighted by atomic mass is 10.0. The molecule has 0 spiro atoms. The summed E-state index contributed by atoms with van der Waals surface area (Å²) in [5.74, 6) is 0.759. The van der Waals surface area contributed by atoms with Crippen LogP contribution >= 0.6 is 0 Å². The quantitative estimate of drug-likeness (QED) is 0.376. The summed E-state index contributed by atoms with van der Waals surface area (Å²) in [5, 5.41) is 17.6. The van der Waals surface area contributed by atoms with Crippen LogP contribution in [0, 0.1) is 0 Å². The van der Waals surface area contributed by atoms with Crippen LogP contribution in [0.4, 0.5) is 5.69 Å². The van der Waals surface area contributed by atoms with Crippen molar-refractivity contribution in [1.82, 2.24) is 30.2 Å². The van der Waals surface area contributed by atoms with E-state index in [9.17, 15) is 0 Å². The Balaban J connectivity index is 1.35. The Morgan fingerprint density at radius 3 is 2.85 bits per heavy atom. The second kappa shape index (κ2) is 9.07. The zero-order chi connectivity index (χ0) is 22.7. The maximum atomic E-state index is 5.84. The minimum atomic E-state index is -0.231. The molecule has 0 radical (unpaired) electrons. The second-order valence-corrected chi connectivity index (χ2v) is 8.55. The molecule has 0 bridgehead atoms. The van der Waals surface area contributed by atoms with Crippen molar-refractivity contribution in [3.05, 3.63) is 90.5 Å². The normalized spacial score (nSPS) is 16.6. The molecule has 34 heavy (non-hydrogen) atoms. The number of aromatic amines is 1. The third kappa shape index (κ3) is 4.15. The number of anilines is 1. The van der Waals surface area contributed by atoms with Crippen LogP contribution in [0.1, 0.15) is 30.3 Å². The average Bonchev–Trinajstić information content (AvgIpc) is 3.66. The predicted molar refractivity (Wildman–Crippen MR) is 130 cm³/mol. The minimum absolute atomic E-state index is 0.144. The molecule has 4 heterocycles. The first kappa shape index (κ1) is 20.6. The molecule has 2 atom stereocenters. The summed E-state index contributed by atoms with van der Waals surface area (Å²) < 4.78 is 7.71. The topological polar surface area (TPSA) is 93.5 Å². The number of hydrogen-bond acceptors (Lipinski definition) is 6. The van der Waals surface area contributed by atoms with Crippen molar-refractivity contribution in [2.45, 2.75) is 31.5 Å². The van der Waals surface area contributed by atoms with Crippen LogP contribution in [0.5, 0.6) is 0 Å². The Hall–Kier alpha value is -4.04. The molecule has 1 fully saturated rings. The highest BCUT2D eigenvalue weighted by Gasteiger charge is 2.25. The molecule has 2 unspecified atom stereocenters. The first-order valence-corrected chi connectivity index (χ1v) is 11.6. The number of hydrogen-bond donors (Lipinski definition) is 2. The van der Waals surface area contributed by atoms with Crippen LogP contribution in [-0.4, -0.2) is 42.9 Å². The van der Waals surface area contributed by atoms with Gasteiger partial charge in [-0.05, 0) is 65.2 Å². The van der Waals surface area contributed by atoms with Crippen LogP contribution in [0.15, 0.2) is 79.1 Å². The lowest BCUT2D eigenvalue weighted by Crippen LogP contribution is -2.23. The molecule has 8 nitrogen and oxygen atoms in total. The molecular formula is C26H25N7O. The zero-order valence-electron chi connectivity index (χ0n) is 18.6. The van der Waals surface area contributed by atoms with Crippen molar-refractivity contribution in [1.29, 1.82) is 0 Å². The molecule has 0 aliphatic carbocycles. The zero-order valence-corrected chi connectivity index (χ0v) is 18.6. The van der Waals surface area contributed by atoms with Gasteiger partial charge in [0.25, 0.3) is 0 Å². The highest BCUT2D eigenvalue weighted by Crippen LogP contribution is 2.29. The van der Waals surface area contributed by atoms with Gasteiger partial charge in [-0.1, -0.05) is 30.3 Å². The molecule has 2 aromatic carbocycles. The van der Waals surface area contributed by atoms with E-state index in [4.69, 9.17) is 4.74 Å². The van der Waals surface area contributed by atoms with E-state index in [0.717, 1.165) is 58.7 Å². The summed E-state index contributed by atoms with van der Waals surface area (Å²) in [6, 6.07) is 22.5. The first-order chi connectivity index (χ1) is 16.8. The molecule has 0 saturated carbocycles. The van der Waals surface area contributed by atoms with E-state index in [1.807, 2.05) is 35.3 Å². The summed E-state index contributed by atoms with van der Waals surface area (Å²) in [4.78, 5) is 7.71. The van der Waals surface area contributed by atoms with Crippen molar-refractivity contribution < 1.29 is 4.74 Å². The smallest absolute Gasteiger partial charge is 0.178 e. The summed E-state index contributed by atoms with van der Waals surface area (Å²) in [5.41, 5.74) is 5.18. The number of H-pyrrole nitrogens is 1. The SMILES string of the molecule is c1ccc(-c2ccc(C(Nc3ccc4[nH]ccc4c3)c3nnnn3CC3CCCO3)cc2)nc1. The lowest BCUT2D eigenvalue weighted by molar-refractivity contribution is 0.0925. The first-order valence-electron chi connectivity index (χ1n) is 11.6. The van der Waals surface area contributed by atoms with E-state index in [1.165, 1.54) is 0 Å². The third-order valence-electron chi connectivity index (χ3n) is 6.29. The minimum Gasteiger partial charge on any atom is -0.376 e. The molecule has 1 aliphatic heterocycles. The van der Waals surface area contributed by atoms with Gasteiger partial charge >= 0.3 is 0 Å². The summed E-state index contributed by atoms with van der Waals surface area (Å²) in [6.07, 6.45) is 6.01. The van der Waals surface area contributed by atoms with E-state index in [0.29, 0.717) is 6.54 Å². The number of rotatable bonds is 7. The van der Waals surface area contributed by atoms with Crippen LogP contribution in [0.3, 0.4) is 0 Å². The standard InChI is InChI=1S/C26H25N7O/c1-2-13-27-23(5-1)18-6-8-19(9-7-18)25(29-21-10-11-24-20(16-21)12-14-28-24)26-30-31-32-33(26)17-22-4-3-15-34-22/h1-2,5-14,16,22,25,28-29H,3-4,15,17H2. The van der Waals surface area contributed by atoms with Gasteiger partial charge in [-0.15, -0.1) is 5.10 Å². The van der Waals surface area contributed by atoms with Crippen LogP contribution in [0.2, 0.25) is 0 Å². The van der Waals surface area contributed by atoms with Gasteiger partial charge in [0.2, 0.25) is 0 Å². The van der Waals surface area contributed by atoms with Crippen molar-refractivity contribution in [2.75, 3.05) is 11.9 Å². The number of benzene rings is 2. The molecule has 1 aliphatic rings. The molecular weight excluding hydrogens is 426 g/mol. The number of pyridine rings is 1. The molecule has 2 N–H and O–H groups in total. The van der Waals surface area contributed by atoms with Gasteiger partial charge in [0, 0.05) is 41.2 Å². The Labute approximate surface area is 197 Å². The Bertz CT molecular complexity index is 1370. The highest BCUT2D eigenvalue weighted by atomic mass is 16.5. The molecule has 5 aromatic rings. The molecule has 8 heteroatoms. The number of fused-ring (bicyclic) bond motifs is 1. The van der Waals surface area contributed by atoms with E-state index in [-0.39, 0.29) is 12.1 Å². The van der Waals surface area contributed by atoms with Gasteiger partial charge in [0.05, 0.1) is 18.3 Å². The van der Waals surface area contributed by atoms with Crippen molar-refractivity contribution >= 4 is 16.6 Å². The van der Waals surface area contributed by atoms with Gasteiger partial charge in [0.1, 0.15) is 6.04 Å². The summed E-state index contributed by atoms with van der Waals surface area (Å²) >= 11 is 0. The second-order valence-electron chi connectivity index (χ2n) is 8.55. The Kier molecular flexibility index (Phi) is 5.48. The highest BCUT2D eigenvalue weighted by molar-refractivity contribution is 5.83. The van der Waals surface area contributed by atoms with Gasteiger partial charge in [-0.2, -0.15) is 0 Å². The number of nitrogens with zero attached hydrogens (tertiary/aromatic N) is 5. The van der Waals surface area contributed by atoms with Gasteiger partial charge < -0.3 is 15.0 Å². The average molecular weight is 452 g/mol. The van der Waals surface area contributed by atoms with Gasteiger partial charge in [-0.25, -0.2) is 4.68 Å². The molecule has 6 rings (SSSR count). The van der Waals surface area contributed by atoms with Crippen LogP contribution in [0.25, 0.3) is 22.2 Å². The van der Waals surface area contributed by atoms with Gasteiger partial charge in [-0.3, -0.25) is 4.98 Å². The van der Waals surface area contributed by atoms with E-state index >= 15 is 0 Å². The maximum Gasteiger partial charge on any atom is 0.178 e. The Morgan fingerprint density at radius 1 is 1.09 bits per heavy atom. The van der Waals surface area contributed by atoms with Crippen LogP contribution < -0.4 is 5.32 Å². The lowest BCUT2D eigenvalue weighted by Gasteiger charge is -2.21. The fourth-order valence-electron chi connectivity index (χ4n) is 4.52. The summed E-state index contributed by atoms with van der Waals surface area (Å²) in [7, 11) is 0. The Morgan fingerprint density at radius 2 is 2.03 bits per heavy atom. The fourth-order valence-corrected chi connectivity index (χ4v) is 4.52. The van der Waals surface area contributed by atoms with Crippen molar-refractivity contribution in [3.63, 3.8) is 0 Å². The van der Waals surface area contributed by atoms with Crippen molar-refractivity contribution in [2.24, 2.45) is 0 Å². The number of aromatic nitrogens is 6. The fraction of sp³-hybridized carbons (Fsp3) is 0.231. The number of tetrazole rings is 1. The van der Waals surface area contributed by atoms with Gasteiger partial charge in [0.15, 0.2) is 5.82 Å². The van der Waals surface area contributed by atoms with E-state index in [1.54, 1.807) is 0 Å². The number of nitrogens with one attached hydrogen (secondary N) is 2. The molecule has 3 aromatic heterocycles. The maximum absolute atomic E-state index is 5.84. The van der Waals surface area contributed by atoms with Crippen molar-refractivity contribution in [3.8, 4) is 11.3 Å².